The number of hydrogen-bond donors (Lipinski definition) is 2. The maximum atomic E-state index is 12.4. The number of nitrogens with zero attached hydrogens (tertiary/aromatic N) is 2. The molecule has 1 fully saturated rings. The van der Waals surface area contributed by atoms with Gasteiger partial charge < -0.3 is 10.6 Å². The predicted molar refractivity (Wildman–Crippen MR) is 99.6 cm³/mol. The maximum absolute atomic E-state index is 12.4. The van der Waals surface area contributed by atoms with E-state index in [2.05, 4.69) is 31.5 Å². The molecule has 1 amide bonds. The van der Waals surface area contributed by atoms with E-state index in [-0.39, 0.29) is 30.4 Å². The third kappa shape index (κ3) is 4.55. The Bertz CT molecular complexity index is 774. The summed E-state index contributed by atoms with van der Waals surface area (Å²) in [6.45, 7) is 2.73. The van der Waals surface area contributed by atoms with Gasteiger partial charge in [0.2, 0.25) is 5.91 Å². The zero-order valence-electron chi connectivity index (χ0n) is 13.1. The largest absolute Gasteiger partial charge is 0.355 e. The van der Waals surface area contributed by atoms with Crippen molar-refractivity contribution < 1.29 is 4.79 Å². The van der Waals surface area contributed by atoms with Crippen molar-refractivity contribution in [3.63, 3.8) is 0 Å². The predicted octanol–water partition coefficient (Wildman–Crippen LogP) is 1.70. The van der Waals surface area contributed by atoms with Crippen molar-refractivity contribution in [1.82, 2.24) is 20.2 Å². The van der Waals surface area contributed by atoms with E-state index < -0.39 is 0 Å². The van der Waals surface area contributed by atoms with Gasteiger partial charge >= 0.3 is 0 Å². The topological polar surface area (TPSA) is 76.0 Å². The summed E-state index contributed by atoms with van der Waals surface area (Å²) in [5.74, 6) is 0.479. The first-order valence-corrected chi connectivity index (χ1v) is 8.55. The van der Waals surface area contributed by atoms with E-state index in [1.165, 1.54) is 17.3 Å². The van der Waals surface area contributed by atoms with Gasteiger partial charge in [-0.2, -0.15) is 0 Å². The van der Waals surface area contributed by atoms with E-state index in [4.69, 9.17) is 0 Å². The average Bonchev–Trinajstić information content (AvgIpc) is 3.04. The minimum atomic E-state index is -0.202. The second-order valence-electron chi connectivity index (χ2n) is 5.84. The van der Waals surface area contributed by atoms with Crippen LogP contribution in [-0.2, 0) is 11.3 Å². The van der Waals surface area contributed by atoms with Crippen molar-refractivity contribution in [2.75, 3.05) is 19.6 Å². The van der Waals surface area contributed by atoms with Gasteiger partial charge in [0, 0.05) is 11.0 Å². The summed E-state index contributed by atoms with van der Waals surface area (Å²) < 4.78 is 2.16. The van der Waals surface area contributed by atoms with Gasteiger partial charge in [-0.1, -0.05) is 15.9 Å². The van der Waals surface area contributed by atoms with Gasteiger partial charge in [-0.25, -0.2) is 4.98 Å². The smallest absolute Gasteiger partial charge is 0.261 e. The second-order valence-corrected chi connectivity index (χ2v) is 6.75. The maximum Gasteiger partial charge on any atom is 0.261 e. The van der Waals surface area contributed by atoms with Crippen molar-refractivity contribution in [1.29, 1.82) is 0 Å². The molecule has 8 heteroatoms. The van der Waals surface area contributed by atoms with E-state index in [1.54, 1.807) is 12.1 Å². The Labute approximate surface area is 154 Å². The van der Waals surface area contributed by atoms with Crippen LogP contribution >= 0.6 is 28.3 Å². The Kier molecular flexibility index (Phi) is 6.77. The molecule has 1 aromatic heterocycles. The molecule has 0 radical (unpaired) electrons. The summed E-state index contributed by atoms with van der Waals surface area (Å²) in [6.07, 6.45) is 3.56. The molecule has 0 spiro atoms. The minimum Gasteiger partial charge on any atom is -0.355 e. The Balaban J connectivity index is 0.00000208. The van der Waals surface area contributed by atoms with E-state index in [0.717, 1.165) is 24.0 Å². The number of amides is 1. The fourth-order valence-corrected chi connectivity index (χ4v) is 3.19. The number of aromatic nitrogens is 2. The highest BCUT2D eigenvalue weighted by Crippen LogP contribution is 2.14. The molecule has 2 heterocycles. The molecule has 6 nitrogen and oxygen atoms in total. The summed E-state index contributed by atoms with van der Waals surface area (Å²) in [5, 5.41) is 6.70. The summed E-state index contributed by atoms with van der Waals surface area (Å²) in [4.78, 5) is 28.7. The molecule has 0 bridgehead atoms. The lowest BCUT2D eigenvalue weighted by molar-refractivity contribution is -0.121. The SMILES string of the molecule is Cl.O=C(Cn1cnc2ccc(Br)cc2c1=O)NCCC1CCNC1. The summed E-state index contributed by atoms with van der Waals surface area (Å²) in [5.41, 5.74) is 0.426. The lowest BCUT2D eigenvalue weighted by Crippen LogP contribution is -2.33. The van der Waals surface area contributed by atoms with Gasteiger partial charge in [0.05, 0.1) is 17.2 Å². The Morgan fingerprint density at radius 2 is 2.29 bits per heavy atom. The van der Waals surface area contributed by atoms with Gasteiger partial charge in [-0.3, -0.25) is 14.2 Å². The van der Waals surface area contributed by atoms with Crippen LogP contribution in [0.2, 0.25) is 0 Å². The number of fused-ring (bicyclic) bond motifs is 1. The van der Waals surface area contributed by atoms with Crippen LogP contribution in [0.15, 0.2) is 33.8 Å². The van der Waals surface area contributed by atoms with Crippen LogP contribution in [0.4, 0.5) is 0 Å². The fraction of sp³-hybridized carbons (Fsp3) is 0.438. The Morgan fingerprint density at radius 1 is 1.46 bits per heavy atom. The van der Waals surface area contributed by atoms with Crippen molar-refractivity contribution in [3.05, 3.63) is 39.4 Å². The van der Waals surface area contributed by atoms with E-state index >= 15 is 0 Å². The third-order valence-corrected chi connectivity index (χ3v) is 4.63. The van der Waals surface area contributed by atoms with E-state index in [0.29, 0.717) is 23.4 Å². The molecule has 2 N–H and O–H groups in total. The van der Waals surface area contributed by atoms with Crippen LogP contribution in [0.1, 0.15) is 12.8 Å². The molecule has 1 aromatic carbocycles. The summed E-state index contributed by atoms with van der Waals surface area (Å²) >= 11 is 3.35. The lowest BCUT2D eigenvalue weighted by Gasteiger charge is -2.10. The van der Waals surface area contributed by atoms with Crippen molar-refractivity contribution in [2.24, 2.45) is 5.92 Å². The molecule has 0 saturated carbocycles. The monoisotopic (exact) mass is 414 g/mol. The molecule has 1 atom stereocenters. The van der Waals surface area contributed by atoms with Crippen LogP contribution in [-0.4, -0.2) is 35.1 Å². The Morgan fingerprint density at radius 3 is 3.04 bits per heavy atom. The van der Waals surface area contributed by atoms with Crippen LogP contribution in [0.25, 0.3) is 10.9 Å². The molecule has 1 aliphatic heterocycles. The normalized spacial score (nSPS) is 16.8. The number of carbonyl (C=O) groups is 1. The third-order valence-electron chi connectivity index (χ3n) is 4.14. The molecule has 3 rings (SSSR count). The number of carbonyl (C=O) groups excluding carboxylic acids is 1. The number of halogens is 2. The van der Waals surface area contributed by atoms with Crippen molar-refractivity contribution in [3.8, 4) is 0 Å². The van der Waals surface area contributed by atoms with Gasteiger partial charge in [0.15, 0.2) is 0 Å². The quantitative estimate of drug-likeness (QED) is 0.779. The zero-order valence-corrected chi connectivity index (χ0v) is 15.5. The van der Waals surface area contributed by atoms with E-state index in [1.807, 2.05) is 6.07 Å². The van der Waals surface area contributed by atoms with Gasteiger partial charge in [-0.05, 0) is 50.0 Å². The highest BCUT2D eigenvalue weighted by molar-refractivity contribution is 9.10. The standard InChI is InChI=1S/C16H19BrN4O2.ClH/c17-12-1-2-14-13(7-12)16(23)21(10-20-14)9-15(22)19-6-4-11-3-5-18-8-11;/h1-2,7,10-11,18H,3-6,8-9H2,(H,19,22);1H. The number of nitrogens with one attached hydrogen (secondary N) is 2. The molecule has 24 heavy (non-hydrogen) atoms. The first kappa shape index (κ1) is 18.9. The van der Waals surface area contributed by atoms with Gasteiger partial charge in [-0.15, -0.1) is 12.4 Å². The molecule has 1 aliphatic rings. The highest BCUT2D eigenvalue weighted by atomic mass is 79.9. The van der Waals surface area contributed by atoms with E-state index in [9.17, 15) is 9.59 Å². The number of hydrogen-bond acceptors (Lipinski definition) is 4. The molecule has 1 saturated heterocycles. The molecular formula is C16H20BrClN4O2. The molecule has 2 aromatic rings. The van der Waals surface area contributed by atoms with Crippen LogP contribution < -0.4 is 16.2 Å². The van der Waals surface area contributed by atoms with Crippen LogP contribution in [0.5, 0.6) is 0 Å². The second kappa shape index (κ2) is 8.60. The number of rotatable bonds is 5. The first-order valence-electron chi connectivity index (χ1n) is 7.75. The molecule has 1 unspecified atom stereocenters. The van der Waals surface area contributed by atoms with Crippen molar-refractivity contribution in [2.45, 2.75) is 19.4 Å². The average molecular weight is 416 g/mol. The fourth-order valence-electron chi connectivity index (χ4n) is 2.83. The summed E-state index contributed by atoms with van der Waals surface area (Å²) in [6, 6.07) is 5.34. The molecular weight excluding hydrogens is 396 g/mol. The zero-order chi connectivity index (χ0) is 16.2. The van der Waals surface area contributed by atoms with Crippen molar-refractivity contribution >= 4 is 45.1 Å². The molecule has 0 aliphatic carbocycles. The first-order chi connectivity index (χ1) is 11.1. The molecule has 130 valence electrons. The highest BCUT2D eigenvalue weighted by Gasteiger charge is 2.14. The lowest BCUT2D eigenvalue weighted by atomic mass is 10.1. The van der Waals surface area contributed by atoms with Gasteiger partial charge in [0.25, 0.3) is 5.56 Å². The van der Waals surface area contributed by atoms with Crippen LogP contribution in [0.3, 0.4) is 0 Å². The van der Waals surface area contributed by atoms with Gasteiger partial charge in [0.1, 0.15) is 6.54 Å². The number of benzene rings is 1. The Hall–Kier alpha value is -1.44. The summed E-state index contributed by atoms with van der Waals surface area (Å²) in [7, 11) is 0. The van der Waals surface area contributed by atoms with Crippen LogP contribution in [0, 0.1) is 5.92 Å². The minimum absolute atomic E-state index is 0.